The summed E-state index contributed by atoms with van der Waals surface area (Å²) in [7, 11) is 0. The fraction of sp³-hybridized carbons (Fsp3) is 0.400. The van der Waals surface area contributed by atoms with Crippen molar-refractivity contribution < 1.29 is 9.18 Å². The van der Waals surface area contributed by atoms with Gasteiger partial charge in [-0.3, -0.25) is 4.79 Å². The van der Waals surface area contributed by atoms with E-state index in [1.807, 2.05) is 23.1 Å². The fourth-order valence-corrected chi connectivity index (χ4v) is 5.50. The maximum absolute atomic E-state index is 13.0. The van der Waals surface area contributed by atoms with E-state index < -0.39 is 0 Å². The fourth-order valence-electron chi connectivity index (χ4n) is 5.50. The van der Waals surface area contributed by atoms with Crippen LogP contribution in [-0.2, 0) is 17.6 Å². The Bertz CT molecular complexity index is 1170. The van der Waals surface area contributed by atoms with E-state index >= 15 is 0 Å². The molecule has 2 heterocycles. The first kappa shape index (κ1) is 27.1. The minimum atomic E-state index is -0.269. The largest absolute Gasteiger partial charge is 0.350 e. The first-order chi connectivity index (χ1) is 17.6. The van der Waals surface area contributed by atoms with Crippen LogP contribution in [0.4, 0.5) is 4.39 Å². The van der Waals surface area contributed by atoms with Crippen molar-refractivity contribution in [1.82, 2.24) is 20.0 Å². The van der Waals surface area contributed by atoms with Gasteiger partial charge in [-0.25, -0.2) is 9.07 Å². The first-order valence-electron chi connectivity index (χ1n) is 13.2. The molecule has 5 rings (SSSR count). The van der Waals surface area contributed by atoms with Gasteiger partial charge < -0.3 is 10.2 Å². The third kappa shape index (κ3) is 7.53. The van der Waals surface area contributed by atoms with E-state index in [1.54, 1.807) is 24.3 Å². The Balaban J connectivity index is 0.00000320. The highest BCUT2D eigenvalue weighted by Gasteiger charge is 2.23. The highest BCUT2D eigenvalue weighted by Crippen LogP contribution is 2.28. The number of aromatic nitrogens is 2. The number of benzene rings is 2. The summed E-state index contributed by atoms with van der Waals surface area (Å²) in [5.74, 6) is 0.405. The summed E-state index contributed by atoms with van der Waals surface area (Å²) in [5.41, 5.74) is 4.89. The second-order valence-corrected chi connectivity index (χ2v) is 10.1. The van der Waals surface area contributed by atoms with Gasteiger partial charge >= 0.3 is 0 Å². The normalized spacial score (nSPS) is 20.1. The van der Waals surface area contributed by atoms with E-state index in [9.17, 15) is 9.18 Å². The highest BCUT2D eigenvalue weighted by molar-refractivity contribution is 5.91. The lowest BCUT2D eigenvalue weighted by Crippen LogP contribution is -2.37. The molecule has 3 aromatic rings. The summed E-state index contributed by atoms with van der Waals surface area (Å²) in [6, 6.07) is 15.1. The molecule has 1 amide bonds. The number of nitrogens with zero attached hydrogens (tertiary/aromatic N) is 3. The maximum atomic E-state index is 13.0. The van der Waals surface area contributed by atoms with Gasteiger partial charge in [0.2, 0.25) is 5.91 Å². The smallest absolute Gasteiger partial charge is 0.244 e. The molecule has 1 fully saturated rings. The van der Waals surface area contributed by atoms with Crippen LogP contribution >= 0.6 is 12.4 Å². The van der Waals surface area contributed by atoms with Gasteiger partial charge in [0, 0.05) is 37.6 Å². The molecule has 0 saturated heterocycles. The van der Waals surface area contributed by atoms with E-state index in [4.69, 9.17) is 0 Å². The average Bonchev–Trinajstić information content (AvgIpc) is 3.36. The van der Waals surface area contributed by atoms with Gasteiger partial charge in [-0.15, -0.1) is 12.4 Å². The van der Waals surface area contributed by atoms with Crippen molar-refractivity contribution in [2.24, 2.45) is 5.92 Å². The Hall–Kier alpha value is -2.96. The van der Waals surface area contributed by atoms with E-state index in [0.29, 0.717) is 0 Å². The third-order valence-electron chi connectivity index (χ3n) is 7.70. The van der Waals surface area contributed by atoms with Crippen molar-refractivity contribution >= 4 is 24.4 Å². The lowest BCUT2D eigenvalue weighted by molar-refractivity contribution is -0.117. The number of nitrogens with one attached hydrogen (secondary N) is 1. The van der Waals surface area contributed by atoms with E-state index in [2.05, 4.69) is 33.5 Å². The monoisotopic (exact) mass is 522 g/mol. The molecule has 5 nitrogen and oxygen atoms in total. The van der Waals surface area contributed by atoms with Crippen LogP contribution in [0.25, 0.3) is 11.8 Å². The molecule has 1 aromatic heterocycles. The predicted molar refractivity (Wildman–Crippen MR) is 149 cm³/mol. The van der Waals surface area contributed by atoms with E-state index in [-0.39, 0.29) is 30.2 Å². The number of carbonyl (C=O) groups is 1. The standard InChI is InChI=1S/C30H35FN4O.ClH/c31-27-8-2-23(3-9-27)6-13-30(36)33-28-10-4-24(5-11-28)14-19-34-20-15-25-7-12-29(22-26(25)16-21-34)35-18-1-17-32-35;/h1-3,6-9,12-13,17-18,22,24,28H,4-5,10-11,14-16,19-21H2,(H,33,36);1H/b13-6+;. The molecule has 0 bridgehead atoms. The molecule has 0 spiro atoms. The van der Waals surface area contributed by atoms with Gasteiger partial charge in [0.05, 0.1) is 5.69 Å². The van der Waals surface area contributed by atoms with Gasteiger partial charge in [0.15, 0.2) is 0 Å². The molecule has 1 aliphatic heterocycles. The molecule has 196 valence electrons. The topological polar surface area (TPSA) is 50.2 Å². The van der Waals surface area contributed by atoms with Crippen LogP contribution in [0.5, 0.6) is 0 Å². The van der Waals surface area contributed by atoms with Crippen LogP contribution in [0, 0.1) is 11.7 Å². The Morgan fingerprint density at radius 1 is 1.03 bits per heavy atom. The average molecular weight is 523 g/mol. The minimum Gasteiger partial charge on any atom is -0.350 e. The molecule has 37 heavy (non-hydrogen) atoms. The SMILES string of the molecule is Cl.O=C(/C=C/c1ccc(F)cc1)NC1CCC(CCN2CCc3ccc(-n4cccn4)cc3CC2)CC1. The van der Waals surface area contributed by atoms with Crippen LogP contribution in [-0.4, -0.2) is 46.3 Å². The van der Waals surface area contributed by atoms with E-state index in [0.717, 1.165) is 62.5 Å². The second kappa shape index (κ2) is 13.0. The molecular formula is C30H36ClFN4O. The number of fused-ring (bicyclic) bond motifs is 1. The lowest BCUT2D eigenvalue weighted by atomic mass is 9.84. The molecule has 1 aliphatic carbocycles. The van der Waals surface area contributed by atoms with Gasteiger partial charge in [0.25, 0.3) is 0 Å². The number of carbonyl (C=O) groups excluding carboxylic acids is 1. The van der Waals surface area contributed by atoms with Gasteiger partial charge in [-0.1, -0.05) is 18.2 Å². The molecule has 1 saturated carbocycles. The number of halogens is 2. The van der Waals surface area contributed by atoms with Gasteiger partial charge in [0.1, 0.15) is 5.82 Å². The lowest BCUT2D eigenvalue weighted by Gasteiger charge is -2.30. The summed E-state index contributed by atoms with van der Waals surface area (Å²) in [6.45, 7) is 3.39. The Morgan fingerprint density at radius 3 is 2.51 bits per heavy atom. The van der Waals surface area contributed by atoms with Crippen molar-refractivity contribution in [1.29, 1.82) is 0 Å². The molecular weight excluding hydrogens is 487 g/mol. The van der Waals surface area contributed by atoms with Crippen LogP contribution < -0.4 is 5.32 Å². The number of hydrogen-bond donors (Lipinski definition) is 1. The zero-order chi connectivity index (χ0) is 24.7. The van der Waals surface area contributed by atoms with Gasteiger partial charge in [-0.2, -0.15) is 5.10 Å². The minimum absolute atomic E-state index is 0. The molecule has 1 N–H and O–H groups in total. The quantitative estimate of drug-likeness (QED) is 0.410. The molecule has 7 heteroatoms. The summed E-state index contributed by atoms with van der Waals surface area (Å²) < 4.78 is 14.9. The molecule has 2 aliphatic rings. The summed E-state index contributed by atoms with van der Waals surface area (Å²) >= 11 is 0. The summed E-state index contributed by atoms with van der Waals surface area (Å²) in [5, 5.41) is 7.51. The summed E-state index contributed by atoms with van der Waals surface area (Å²) in [6.07, 6.45) is 15.0. The van der Waals surface area contributed by atoms with Crippen molar-refractivity contribution in [3.05, 3.63) is 89.5 Å². The molecule has 0 radical (unpaired) electrons. The Kier molecular flexibility index (Phi) is 9.53. The number of amides is 1. The molecule has 0 atom stereocenters. The highest BCUT2D eigenvalue weighted by atomic mass is 35.5. The third-order valence-corrected chi connectivity index (χ3v) is 7.70. The van der Waals surface area contributed by atoms with Crippen molar-refractivity contribution in [3.8, 4) is 5.69 Å². The number of rotatable bonds is 7. The Labute approximate surface area is 225 Å². The van der Waals surface area contributed by atoms with Crippen molar-refractivity contribution in [2.75, 3.05) is 19.6 Å². The van der Waals surface area contributed by atoms with Crippen LogP contribution in [0.1, 0.15) is 48.8 Å². The Morgan fingerprint density at radius 2 is 1.78 bits per heavy atom. The van der Waals surface area contributed by atoms with Crippen molar-refractivity contribution in [2.45, 2.75) is 51.0 Å². The predicted octanol–water partition coefficient (Wildman–Crippen LogP) is 5.61. The zero-order valence-electron chi connectivity index (χ0n) is 21.2. The maximum Gasteiger partial charge on any atom is 0.244 e. The number of hydrogen-bond acceptors (Lipinski definition) is 3. The van der Waals surface area contributed by atoms with Gasteiger partial charge in [-0.05, 0) is 111 Å². The van der Waals surface area contributed by atoms with Crippen molar-refractivity contribution in [3.63, 3.8) is 0 Å². The molecule has 0 unspecified atom stereocenters. The van der Waals surface area contributed by atoms with Crippen LogP contribution in [0.2, 0.25) is 0 Å². The van der Waals surface area contributed by atoms with Crippen LogP contribution in [0.15, 0.2) is 67.0 Å². The van der Waals surface area contributed by atoms with Crippen LogP contribution in [0.3, 0.4) is 0 Å². The summed E-state index contributed by atoms with van der Waals surface area (Å²) in [4.78, 5) is 14.9. The first-order valence-corrected chi connectivity index (χ1v) is 13.2. The second-order valence-electron chi connectivity index (χ2n) is 10.1. The molecule has 2 aromatic carbocycles. The van der Waals surface area contributed by atoms with E-state index in [1.165, 1.54) is 42.5 Å². The zero-order valence-corrected chi connectivity index (χ0v) is 22.0.